The monoisotopic (exact) mass is 267 g/mol. The molecule has 0 bridgehead atoms. The molecule has 0 unspecified atom stereocenters. The van der Waals surface area contributed by atoms with Crippen molar-refractivity contribution < 1.29 is 4.79 Å². The average Bonchev–Trinajstić information content (AvgIpc) is 2.78. The zero-order valence-corrected chi connectivity index (χ0v) is 10.8. The minimum absolute atomic E-state index is 0.262. The third-order valence-corrected chi connectivity index (χ3v) is 3.12. The van der Waals surface area contributed by atoms with Crippen molar-refractivity contribution in [2.75, 3.05) is 11.1 Å². The number of rotatable bonds is 2. The number of anilines is 2. The first-order valence-electron chi connectivity index (χ1n) is 6.12. The van der Waals surface area contributed by atoms with Crippen LogP contribution in [0.25, 0.3) is 10.9 Å². The number of nitrogens with one attached hydrogen (secondary N) is 2. The number of nitrogens with two attached hydrogens (primary N) is 1. The van der Waals surface area contributed by atoms with E-state index < -0.39 is 0 Å². The fourth-order valence-corrected chi connectivity index (χ4v) is 2.01. The van der Waals surface area contributed by atoms with E-state index in [0.717, 1.165) is 16.6 Å². The second-order valence-electron chi connectivity index (χ2n) is 4.44. The van der Waals surface area contributed by atoms with Crippen molar-refractivity contribution in [3.63, 3.8) is 0 Å². The molecule has 1 aromatic carbocycles. The Kier molecular flexibility index (Phi) is 2.83. The molecule has 3 rings (SSSR count). The molecule has 3 aromatic rings. The molecule has 0 aliphatic rings. The number of amides is 1. The Bertz CT molecular complexity index is 788. The lowest BCUT2D eigenvalue weighted by molar-refractivity contribution is 0.102. The van der Waals surface area contributed by atoms with Gasteiger partial charge in [0.15, 0.2) is 5.82 Å². The van der Waals surface area contributed by atoms with Crippen LogP contribution in [0, 0.1) is 6.92 Å². The van der Waals surface area contributed by atoms with Crippen LogP contribution in [-0.4, -0.2) is 21.1 Å². The second-order valence-corrected chi connectivity index (χ2v) is 4.44. The molecule has 0 saturated carbocycles. The Morgan fingerprint density at radius 3 is 2.90 bits per heavy atom. The van der Waals surface area contributed by atoms with Crippen LogP contribution in [-0.2, 0) is 0 Å². The van der Waals surface area contributed by atoms with Gasteiger partial charge in [-0.15, -0.1) is 0 Å². The van der Waals surface area contributed by atoms with E-state index in [-0.39, 0.29) is 5.91 Å². The van der Waals surface area contributed by atoms with Crippen molar-refractivity contribution in [3.8, 4) is 0 Å². The van der Waals surface area contributed by atoms with E-state index in [1.807, 2.05) is 12.1 Å². The molecule has 4 N–H and O–H groups in total. The van der Waals surface area contributed by atoms with Crippen molar-refractivity contribution in [1.29, 1.82) is 0 Å². The molecule has 0 fully saturated rings. The van der Waals surface area contributed by atoms with Gasteiger partial charge in [0.2, 0.25) is 0 Å². The van der Waals surface area contributed by atoms with E-state index in [0.29, 0.717) is 17.1 Å². The summed E-state index contributed by atoms with van der Waals surface area (Å²) in [5.74, 6) is 0.0789. The van der Waals surface area contributed by atoms with Crippen molar-refractivity contribution in [3.05, 3.63) is 47.8 Å². The summed E-state index contributed by atoms with van der Waals surface area (Å²) in [6, 6.07) is 9.06. The predicted molar refractivity (Wildman–Crippen MR) is 77.4 cm³/mol. The molecule has 0 spiro atoms. The number of hydrogen-bond acceptors (Lipinski definition) is 4. The number of pyridine rings is 1. The first-order valence-corrected chi connectivity index (χ1v) is 6.12. The topological polar surface area (TPSA) is 96.7 Å². The number of hydrogen-bond donors (Lipinski definition) is 3. The molecular weight excluding hydrogens is 254 g/mol. The lowest BCUT2D eigenvalue weighted by atomic mass is 10.1. The smallest absolute Gasteiger partial charge is 0.257 e. The number of aromatic amines is 1. The van der Waals surface area contributed by atoms with Gasteiger partial charge >= 0.3 is 0 Å². The Hall–Kier alpha value is -2.89. The number of carbonyl (C=O) groups is 1. The van der Waals surface area contributed by atoms with E-state index in [9.17, 15) is 4.79 Å². The van der Waals surface area contributed by atoms with Crippen LogP contribution in [0.15, 0.2) is 36.5 Å². The lowest BCUT2D eigenvalue weighted by Gasteiger charge is -2.06. The van der Waals surface area contributed by atoms with Crippen molar-refractivity contribution in [1.82, 2.24) is 15.2 Å². The lowest BCUT2D eigenvalue weighted by Crippen LogP contribution is -2.13. The predicted octanol–water partition coefficient (Wildman–Crippen LogP) is 2.10. The number of fused-ring (bicyclic) bond motifs is 1. The highest BCUT2D eigenvalue weighted by Crippen LogP contribution is 2.21. The van der Waals surface area contributed by atoms with E-state index in [2.05, 4.69) is 20.5 Å². The maximum Gasteiger partial charge on any atom is 0.257 e. The van der Waals surface area contributed by atoms with Gasteiger partial charge in [-0.05, 0) is 25.1 Å². The number of carbonyl (C=O) groups excluding carboxylic acids is 1. The normalized spacial score (nSPS) is 10.7. The largest absolute Gasteiger partial charge is 0.394 e. The first-order chi connectivity index (χ1) is 9.66. The van der Waals surface area contributed by atoms with Gasteiger partial charge in [0.25, 0.3) is 5.91 Å². The van der Waals surface area contributed by atoms with Gasteiger partial charge in [0.05, 0.1) is 16.9 Å². The maximum absolute atomic E-state index is 12.3. The third-order valence-electron chi connectivity index (χ3n) is 3.12. The second kappa shape index (κ2) is 4.65. The van der Waals surface area contributed by atoms with Gasteiger partial charge in [0, 0.05) is 17.1 Å². The number of nitrogen functional groups attached to an aromatic ring is 1. The van der Waals surface area contributed by atoms with Gasteiger partial charge in [-0.3, -0.25) is 14.9 Å². The summed E-state index contributed by atoms with van der Waals surface area (Å²) >= 11 is 0. The molecule has 2 heterocycles. The summed E-state index contributed by atoms with van der Waals surface area (Å²) in [6.07, 6.45) is 1.69. The number of benzene rings is 1. The van der Waals surface area contributed by atoms with Crippen LogP contribution >= 0.6 is 0 Å². The molecule has 100 valence electrons. The molecule has 20 heavy (non-hydrogen) atoms. The van der Waals surface area contributed by atoms with Crippen LogP contribution in [0.1, 0.15) is 16.1 Å². The highest BCUT2D eigenvalue weighted by atomic mass is 16.1. The molecule has 1 amide bonds. The molecule has 0 aliphatic carbocycles. The average molecular weight is 267 g/mol. The minimum atomic E-state index is -0.262. The van der Waals surface area contributed by atoms with Crippen LogP contribution in [0.2, 0.25) is 0 Å². The van der Waals surface area contributed by atoms with Gasteiger partial charge in [-0.2, -0.15) is 5.10 Å². The van der Waals surface area contributed by atoms with Crippen molar-refractivity contribution >= 4 is 28.3 Å². The zero-order chi connectivity index (χ0) is 14.1. The molecule has 2 aromatic heterocycles. The molecule has 0 radical (unpaired) electrons. The standard InChI is InChI=1S/C14H13N5O/c1-8-12(15)13(19-18-8)17-14(20)10-4-2-6-11-9(10)5-3-7-16-11/h2-7H,15H2,1H3,(H2,17,18,19,20). The summed E-state index contributed by atoms with van der Waals surface area (Å²) in [5.41, 5.74) is 8.29. The fraction of sp³-hybridized carbons (Fsp3) is 0.0714. The summed E-state index contributed by atoms with van der Waals surface area (Å²) in [7, 11) is 0. The molecule has 0 saturated heterocycles. The Balaban J connectivity index is 1.99. The van der Waals surface area contributed by atoms with Gasteiger partial charge < -0.3 is 11.1 Å². The Labute approximate surface area is 115 Å². The fourth-order valence-electron chi connectivity index (χ4n) is 2.01. The molecule has 6 heteroatoms. The van der Waals surface area contributed by atoms with Crippen LogP contribution in [0.3, 0.4) is 0 Å². The number of nitrogens with zero attached hydrogens (tertiary/aromatic N) is 2. The number of H-pyrrole nitrogens is 1. The molecule has 0 aliphatic heterocycles. The van der Waals surface area contributed by atoms with Crippen molar-refractivity contribution in [2.45, 2.75) is 6.92 Å². The number of aromatic nitrogens is 3. The highest BCUT2D eigenvalue weighted by Gasteiger charge is 2.14. The maximum atomic E-state index is 12.3. The van der Waals surface area contributed by atoms with Crippen molar-refractivity contribution in [2.24, 2.45) is 0 Å². The molecular formula is C14H13N5O. The third kappa shape index (κ3) is 1.97. The SMILES string of the molecule is Cc1[nH]nc(NC(=O)c2cccc3ncccc23)c1N. The summed E-state index contributed by atoms with van der Waals surface area (Å²) in [6.45, 7) is 1.79. The van der Waals surface area contributed by atoms with E-state index >= 15 is 0 Å². The molecule has 6 nitrogen and oxygen atoms in total. The van der Waals surface area contributed by atoms with E-state index in [1.54, 1.807) is 31.3 Å². The Morgan fingerprint density at radius 1 is 1.30 bits per heavy atom. The van der Waals surface area contributed by atoms with E-state index in [1.165, 1.54) is 0 Å². The summed E-state index contributed by atoms with van der Waals surface area (Å²) in [5, 5.41) is 10.2. The van der Waals surface area contributed by atoms with Gasteiger partial charge in [0.1, 0.15) is 0 Å². The first kappa shape index (κ1) is 12.2. The number of aryl methyl sites for hydroxylation is 1. The van der Waals surface area contributed by atoms with Crippen LogP contribution in [0.5, 0.6) is 0 Å². The quantitative estimate of drug-likeness (QED) is 0.662. The zero-order valence-electron chi connectivity index (χ0n) is 10.8. The van der Waals surface area contributed by atoms with Gasteiger partial charge in [-0.1, -0.05) is 12.1 Å². The van der Waals surface area contributed by atoms with E-state index in [4.69, 9.17) is 5.73 Å². The summed E-state index contributed by atoms with van der Waals surface area (Å²) in [4.78, 5) is 16.6. The molecule has 0 atom stereocenters. The minimum Gasteiger partial charge on any atom is -0.394 e. The van der Waals surface area contributed by atoms with Gasteiger partial charge in [-0.25, -0.2) is 0 Å². The summed E-state index contributed by atoms with van der Waals surface area (Å²) < 4.78 is 0. The van der Waals surface area contributed by atoms with Crippen LogP contribution in [0.4, 0.5) is 11.5 Å². The van der Waals surface area contributed by atoms with Crippen LogP contribution < -0.4 is 11.1 Å². The Morgan fingerprint density at radius 2 is 2.15 bits per heavy atom. The highest BCUT2D eigenvalue weighted by molar-refractivity contribution is 6.12.